The molecule has 0 aromatic carbocycles. The van der Waals surface area contributed by atoms with Crippen molar-refractivity contribution in [2.45, 2.75) is 19.8 Å². The second kappa shape index (κ2) is 4.45. The Bertz CT molecular complexity index is 363. The van der Waals surface area contributed by atoms with Crippen molar-refractivity contribution in [3.05, 3.63) is 34.1 Å². The number of carbonyl (C=O) groups excluding carboxylic acids is 1. The Morgan fingerprint density at radius 2 is 2.36 bits per heavy atom. The van der Waals surface area contributed by atoms with Gasteiger partial charge in [-0.2, -0.15) is 0 Å². The molecule has 1 aromatic heterocycles. The minimum atomic E-state index is -0.537. The lowest BCUT2D eigenvalue weighted by atomic mass is 10.1. The van der Waals surface area contributed by atoms with Crippen molar-refractivity contribution in [3.8, 4) is 0 Å². The van der Waals surface area contributed by atoms with E-state index in [-0.39, 0.29) is 17.2 Å². The summed E-state index contributed by atoms with van der Waals surface area (Å²) in [4.78, 5) is 25.0. The van der Waals surface area contributed by atoms with Gasteiger partial charge in [-0.1, -0.05) is 6.92 Å². The van der Waals surface area contributed by atoms with Gasteiger partial charge in [0.1, 0.15) is 5.69 Å². The predicted molar refractivity (Wildman–Crippen MR) is 50.1 cm³/mol. The summed E-state index contributed by atoms with van der Waals surface area (Å²) in [5, 5.41) is 10.4. The average Bonchev–Trinajstić information content (AvgIpc) is 2.18. The summed E-state index contributed by atoms with van der Waals surface area (Å²) in [6.45, 7) is 1.87. The van der Waals surface area contributed by atoms with Crippen LogP contribution < -0.4 is 0 Å². The molecule has 0 aliphatic rings. The third kappa shape index (κ3) is 2.35. The number of hydrogen-bond donors (Lipinski definition) is 0. The Hall–Kier alpha value is -1.78. The highest BCUT2D eigenvalue weighted by atomic mass is 16.6. The monoisotopic (exact) mass is 194 g/mol. The van der Waals surface area contributed by atoms with Gasteiger partial charge in [0.25, 0.3) is 5.69 Å². The summed E-state index contributed by atoms with van der Waals surface area (Å²) < 4.78 is 0. The van der Waals surface area contributed by atoms with Gasteiger partial charge in [-0.25, -0.2) is 0 Å². The van der Waals surface area contributed by atoms with Crippen LogP contribution >= 0.6 is 0 Å². The highest BCUT2D eigenvalue weighted by Gasteiger charge is 2.11. The molecule has 5 heteroatoms. The number of rotatable bonds is 4. The Kier molecular flexibility index (Phi) is 3.28. The van der Waals surface area contributed by atoms with Crippen LogP contribution in [0.4, 0.5) is 5.69 Å². The van der Waals surface area contributed by atoms with Crippen LogP contribution in [0, 0.1) is 10.1 Å². The van der Waals surface area contributed by atoms with Gasteiger partial charge in [-0.05, 0) is 6.42 Å². The lowest BCUT2D eigenvalue weighted by Crippen LogP contribution is -2.02. The zero-order chi connectivity index (χ0) is 10.6. The molecular weight excluding hydrogens is 184 g/mol. The second-order valence-corrected chi connectivity index (χ2v) is 2.83. The number of nitrogens with zero attached hydrogens (tertiary/aromatic N) is 2. The molecule has 74 valence electrons. The maximum atomic E-state index is 11.3. The standard InChI is InChI=1S/C9H10N2O3/c1-2-3-9(12)8-6-7(11(13)14)4-5-10-8/h4-6H,2-3H2,1H3. The molecular formula is C9H10N2O3. The van der Waals surface area contributed by atoms with Gasteiger partial charge in [0.2, 0.25) is 0 Å². The first kappa shape index (κ1) is 10.3. The molecule has 1 aromatic rings. The molecule has 0 aliphatic carbocycles. The Morgan fingerprint density at radius 1 is 1.64 bits per heavy atom. The Balaban J connectivity index is 2.93. The van der Waals surface area contributed by atoms with E-state index in [1.54, 1.807) is 0 Å². The van der Waals surface area contributed by atoms with E-state index in [0.29, 0.717) is 12.8 Å². The second-order valence-electron chi connectivity index (χ2n) is 2.83. The highest BCUT2D eigenvalue weighted by molar-refractivity contribution is 5.94. The van der Waals surface area contributed by atoms with E-state index >= 15 is 0 Å². The van der Waals surface area contributed by atoms with Crippen molar-refractivity contribution in [3.63, 3.8) is 0 Å². The van der Waals surface area contributed by atoms with E-state index in [1.165, 1.54) is 18.3 Å². The summed E-state index contributed by atoms with van der Waals surface area (Å²) >= 11 is 0. The zero-order valence-electron chi connectivity index (χ0n) is 7.77. The normalized spacial score (nSPS) is 9.79. The van der Waals surface area contributed by atoms with Crippen molar-refractivity contribution in [1.29, 1.82) is 0 Å². The predicted octanol–water partition coefficient (Wildman–Crippen LogP) is 1.97. The van der Waals surface area contributed by atoms with E-state index in [2.05, 4.69) is 4.98 Å². The highest BCUT2D eigenvalue weighted by Crippen LogP contribution is 2.12. The van der Waals surface area contributed by atoms with E-state index < -0.39 is 4.92 Å². The Morgan fingerprint density at radius 3 is 2.93 bits per heavy atom. The molecule has 0 saturated heterocycles. The van der Waals surface area contributed by atoms with Gasteiger partial charge >= 0.3 is 0 Å². The molecule has 0 spiro atoms. The van der Waals surface area contributed by atoms with Gasteiger partial charge in [-0.15, -0.1) is 0 Å². The smallest absolute Gasteiger partial charge is 0.273 e. The van der Waals surface area contributed by atoms with E-state index in [9.17, 15) is 14.9 Å². The molecule has 0 saturated carbocycles. The van der Waals surface area contributed by atoms with Gasteiger partial charge < -0.3 is 0 Å². The van der Waals surface area contributed by atoms with Crippen LogP contribution in [0.15, 0.2) is 18.3 Å². The van der Waals surface area contributed by atoms with Crippen LogP contribution in [-0.2, 0) is 0 Å². The van der Waals surface area contributed by atoms with Crippen LogP contribution in [0.5, 0.6) is 0 Å². The molecule has 0 atom stereocenters. The zero-order valence-corrected chi connectivity index (χ0v) is 7.77. The summed E-state index contributed by atoms with van der Waals surface area (Å²) in [5.41, 5.74) is 0.0699. The third-order valence-corrected chi connectivity index (χ3v) is 1.72. The largest absolute Gasteiger partial charge is 0.292 e. The van der Waals surface area contributed by atoms with Crippen molar-refractivity contribution in [2.24, 2.45) is 0 Å². The maximum Gasteiger partial charge on any atom is 0.273 e. The SMILES string of the molecule is CCCC(=O)c1cc([N+](=O)[O-])ccn1. The summed E-state index contributed by atoms with van der Waals surface area (Å²) in [7, 11) is 0. The first-order valence-corrected chi connectivity index (χ1v) is 4.28. The summed E-state index contributed by atoms with van der Waals surface area (Å²) in [6.07, 6.45) is 2.36. The lowest BCUT2D eigenvalue weighted by molar-refractivity contribution is -0.385. The lowest BCUT2D eigenvalue weighted by Gasteiger charge is -1.97. The molecule has 1 heterocycles. The van der Waals surface area contributed by atoms with E-state index in [0.717, 1.165) is 0 Å². The van der Waals surface area contributed by atoms with E-state index in [4.69, 9.17) is 0 Å². The molecule has 0 radical (unpaired) electrons. The van der Waals surface area contributed by atoms with Crippen LogP contribution in [0.25, 0.3) is 0 Å². The number of pyridine rings is 1. The van der Waals surface area contributed by atoms with E-state index in [1.807, 2.05) is 6.92 Å². The fraction of sp³-hybridized carbons (Fsp3) is 0.333. The minimum Gasteiger partial charge on any atom is -0.292 e. The molecule has 14 heavy (non-hydrogen) atoms. The molecule has 0 aliphatic heterocycles. The van der Waals surface area contributed by atoms with Crippen LogP contribution in [0.1, 0.15) is 30.3 Å². The van der Waals surface area contributed by atoms with Gasteiger partial charge in [0.05, 0.1) is 4.92 Å². The number of ketones is 1. The first-order valence-electron chi connectivity index (χ1n) is 4.28. The van der Waals surface area contributed by atoms with Crippen molar-refractivity contribution >= 4 is 11.5 Å². The number of hydrogen-bond acceptors (Lipinski definition) is 4. The van der Waals surface area contributed by atoms with Crippen molar-refractivity contribution < 1.29 is 9.72 Å². The van der Waals surface area contributed by atoms with Crippen LogP contribution in [-0.4, -0.2) is 15.7 Å². The molecule has 0 N–H and O–H groups in total. The minimum absolute atomic E-state index is 0.0977. The quantitative estimate of drug-likeness (QED) is 0.417. The Labute approximate surface area is 80.9 Å². The fourth-order valence-electron chi connectivity index (χ4n) is 1.04. The van der Waals surface area contributed by atoms with Crippen molar-refractivity contribution in [1.82, 2.24) is 4.98 Å². The summed E-state index contributed by atoms with van der Waals surface area (Å²) in [6, 6.07) is 2.47. The summed E-state index contributed by atoms with van der Waals surface area (Å²) in [5.74, 6) is -0.156. The molecule has 0 amide bonds. The number of Topliss-reactive ketones (excluding diaryl/α,β-unsaturated/α-hetero) is 1. The topological polar surface area (TPSA) is 73.1 Å². The average molecular weight is 194 g/mol. The van der Waals surface area contributed by atoms with Crippen LogP contribution in [0.2, 0.25) is 0 Å². The molecule has 5 nitrogen and oxygen atoms in total. The van der Waals surface area contributed by atoms with Crippen LogP contribution in [0.3, 0.4) is 0 Å². The van der Waals surface area contributed by atoms with Gasteiger partial charge in [0, 0.05) is 24.8 Å². The molecule has 0 fully saturated rings. The maximum absolute atomic E-state index is 11.3. The number of nitro groups is 1. The van der Waals surface area contributed by atoms with Crippen molar-refractivity contribution in [2.75, 3.05) is 0 Å². The third-order valence-electron chi connectivity index (χ3n) is 1.72. The number of aromatic nitrogens is 1. The molecule has 0 bridgehead atoms. The van der Waals surface area contributed by atoms with Gasteiger partial charge in [-0.3, -0.25) is 19.9 Å². The first-order chi connectivity index (χ1) is 6.65. The number of carbonyl (C=O) groups is 1. The fourth-order valence-corrected chi connectivity index (χ4v) is 1.04. The molecule has 0 unspecified atom stereocenters. The van der Waals surface area contributed by atoms with Gasteiger partial charge in [0.15, 0.2) is 5.78 Å². The molecule has 1 rings (SSSR count).